The lowest BCUT2D eigenvalue weighted by Gasteiger charge is -2.10. The molecular formula is C17H19ClN2O. The molecule has 2 N–H and O–H groups in total. The number of nitrogens with one attached hydrogen (secondary N) is 2. The fourth-order valence-corrected chi connectivity index (χ4v) is 2.23. The van der Waals surface area contributed by atoms with Gasteiger partial charge in [0.05, 0.1) is 0 Å². The van der Waals surface area contributed by atoms with Crippen molar-refractivity contribution in [3.8, 4) is 0 Å². The summed E-state index contributed by atoms with van der Waals surface area (Å²) in [6, 6.07) is 15.2. The first-order valence-electron chi connectivity index (χ1n) is 6.96. The maximum absolute atomic E-state index is 12.3. The Hall–Kier alpha value is -1.84. The molecule has 0 bridgehead atoms. The third-order valence-corrected chi connectivity index (χ3v) is 3.52. The molecule has 0 saturated carbocycles. The standard InChI is InChI=1S/C17H19ClN2O/c1-19-11-10-14-4-2-3-5-16(14)17(21)20-12-13-6-8-15(18)9-7-13/h2-9,19H,10-12H2,1H3,(H,20,21). The lowest BCUT2D eigenvalue weighted by atomic mass is 10.0. The topological polar surface area (TPSA) is 41.1 Å². The first kappa shape index (κ1) is 15.5. The highest BCUT2D eigenvalue weighted by atomic mass is 35.5. The van der Waals surface area contributed by atoms with Gasteiger partial charge in [-0.3, -0.25) is 4.79 Å². The highest BCUT2D eigenvalue weighted by Gasteiger charge is 2.10. The van der Waals surface area contributed by atoms with Crippen LogP contribution in [0.5, 0.6) is 0 Å². The second-order valence-corrected chi connectivity index (χ2v) is 5.26. The van der Waals surface area contributed by atoms with Crippen molar-refractivity contribution in [1.82, 2.24) is 10.6 Å². The number of benzene rings is 2. The number of likely N-dealkylation sites (N-methyl/N-ethyl adjacent to an activating group) is 1. The van der Waals surface area contributed by atoms with Crippen LogP contribution in [0.15, 0.2) is 48.5 Å². The molecule has 0 aromatic heterocycles. The Morgan fingerprint density at radius 2 is 1.81 bits per heavy atom. The van der Waals surface area contributed by atoms with Gasteiger partial charge >= 0.3 is 0 Å². The van der Waals surface area contributed by atoms with E-state index in [0.717, 1.165) is 29.7 Å². The Balaban J connectivity index is 2.01. The molecule has 2 rings (SSSR count). The molecule has 0 aliphatic carbocycles. The van der Waals surface area contributed by atoms with Crippen LogP contribution in [0.3, 0.4) is 0 Å². The summed E-state index contributed by atoms with van der Waals surface area (Å²) in [5, 5.41) is 6.75. The van der Waals surface area contributed by atoms with Gasteiger partial charge in [0.25, 0.3) is 5.91 Å². The molecule has 110 valence electrons. The van der Waals surface area contributed by atoms with Crippen LogP contribution >= 0.6 is 11.6 Å². The second kappa shape index (κ2) is 7.81. The Morgan fingerprint density at radius 1 is 1.10 bits per heavy atom. The average Bonchev–Trinajstić information content (AvgIpc) is 2.52. The molecule has 0 saturated heterocycles. The molecule has 1 amide bonds. The lowest BCUT2D eigenvalue weighted by Crippen LogP contribution is -2.24. The molecule has 2 aromatic carbocycles. The van der Waals surface area contributed by atoms with Gasteiger partial charge in [-0.15, -0.1) is 0 Å². The third kappa shape index (κ3) is 4.59. The first-order chi connectivity index (χ1) is 10.2. The molecular weight excluding hydrogens is 284 g/mol. The van der Waals surface area contributed by atoms with Gasteiger partial charge in [-0.1, -0.05) is 41.9 Å². The van der Waals surface area contributed by atoms with Gasteiger partial charge in [0, 0.05) is 17.1 Å². The molecule has 0 unspecified atom stereocenters. The van der Waals surface area contributed by atoms with Crippen molar-refractivity contribution in [3.63, 3.8) is 0 Å². The molecule has 21 heavy (non-hydrogen) atoms. The molecule has 0 aliphatic heterocycles. The Kier molecular flexibility index (Phi) is 5.78. The van der Waals surface area contributed by atoms with E-state index in [1.807, 2.05) is 55.6 Å². The maximum Gasteiger partial charge on any atom is 0.251 e. The number of amides is 1. The number of halogens is 1. The average molecular weight is 303 g/mol. The Labute approximate surface area is 130 Å². The molecule has 0 radical (unpaired) electrons. The zero-order valence-electron chi connectivity index (χ0n) is 12.0. The predicted octanol–water partition coefficient (Wildman–Crippen LogP) is 3.03. The Bertz CT molecular complexity index is 596. The van der Waals surface area contributed by atoms with Crippen molar-refractivity contribution in [2.45, 2.75) is 13.0 Å². The smallest absolute Gasteiger partial charge is 0.251 e. The zero-order chi connectivity index (χ0) is 15.1. The minimum absolute atomic E-state index is 0.0448. The monoisotopic (exact) mass is 302 g/mol. The van der Waals surface area contributed by atoms with Crippen molar-refractivity contribution < 1.29 is 4.79 Å². The summed E-state index contributed by atoms with van der Waals surface area (Å²) >= 11 is 5.85. The van der Waals surface area contributed by atoms with Gasteiger partial charge in [0.15, 0.2) is 0 Å². The maximum atomic E-state index is 12.3. The molecule has 2 aromatic rings. The van der Waals surface area contributed by atoms with E-state index in [0.29, 0.717) is 11.6 Å². The van der Waals surface area contributed by atoms with Gasteiger partial charge in [-0.05, 0) is 49.3 Å². The van der Waals surface area contributed by atoms with Crippen molar-refractivity contribution in [1.29, 1.82) is 0 Å². The van der Waals surface area contributed by atoms with Crippen LogP contribution in [0.2, 0.25) is 5.02 Å². The summed E-state index contributed by atoms with van der Waals surface area (Å²) in [6.45, 7) is 1.35. The summed E-state index contributed by atoms with van der Waals surface area (Å²) in [7, 11) is 1.91. The minimum Gasteiger partial charge on any atom is -0.348 e. The van der Waals surface area contributed by atoms with Gasteiger partial charge in [-0.2, -0.15) is 0 Å². The SMILES string of the molecule is CNCCc1ccccc1C(=O)NCc1ccc(Cl)cc1. The van der Waals surface area contributed by atoms with Crippen molar-refractivity contribution in [2.75, 3.05) is 13.6 Å². The van der Waals surface area contributed by atoms with Crippen molar-refractivity contribution in [2.24, 2.45) is 0 Å². The fraction of sp³-hybridized carbons (Fsp3) is 0.235. The van der Waals surface area contributed by atoms with E-state index < -0.39 is 0 Å². The highest BCUT2D eigenvalue weighted by molar-refractivity contribution is 6.30. The summed E-state index contributed by atoms with van der Waals surface area (Å²) < 4.78 is 0. The Morgan fingerprint density at radius 3 is 2.52 bits per heavy atom. The normalized spacial score (nSPS) is 10.4. The van der Waals surface area contributed by atoms with Crippen LogP contribution < -0.4 is 10.6 Å². The molecule has 0 heterocycles. The number of hydrogen-bond acceptors (Lipinski definition) is 2. The van der Waals surface area contributed by atoms with Gasteiger partial charge in [0.1, 0.15) is 0 Å². The van der Waals surface area contributed by atoms with E-state index in [2.05, 4.69) is 10.6 Å². The fourth-order valence-electron chi connectivity index (χ4n) is 2.10. The number of carbonyl (C=O) groups excluding carboxylic acids is 1. The third-order valence-electron chi connectivity index (χ3n) is 3.27. The number of rotatable bonds is 6. The second-order valence-electron chi connectivity index (χ2n) is 4.82. The van der Waals surface area contributed by atoms with Gasteiger partial charge in [-0.25, -0.2) is 0 Å². The molecule has 0 aliphatic rings. The zero-order valence-corrected chi connectivity index (χ0v) is 12.8. The van der Waals surface area contributed by atoms with E-state index in [4.69, 9.17) is 11.6 Å². The molecule has 0 spiro atoms. The highest BCUT2D eigenvalue weighted by Crippen LogP contribution is 2.11. The molecule has 4 heteroatoms. The van der Waals surface area contributed by atoms with E-state index in [9.17, 15) is 4.79 Å². The van der Waals surface area contributed by atoms with Gasteiger partial charge in [0.2, 0.25) is 0 Å². The van der Waals surface area contributed by atoms with Crippen LogP contribution in [0.25, 0.3) is 0 Å². The van der Waals surface area contributed by atoms with Gasteiger partial charge < -0.3 is 10.6 Å². The molecule has 0 atom stereocenters. The van der Waals surface area contributed by atoms with Crippen LogP contribution in [-0.2, 0) is 13.0 Å². The van der Waals surface area contributed by atoms with E-state index in [1.54, 1.807) is 0 Å². The van der Waals surface area contributed by atoms with Crippen LogP contribution in [0, 0.1) is 0 Å². The lowest BCUT2D eigenvalue weighted by molar-refractivity contribution is 0.0950. The van der Waals surface area contributed by atoms with E-state index in [-0.39, 0.29) is 5.91 Å². The van der Waals surface area contributed by atoms with E-state index >= 15 is 0 Å². The summed E-state index contributed by atoms with van der Waals surface area (Å²) in [6.07, 6.45) is 0.834. The summed E-state index contributed by atoms with van der Waals surface area (Å²) in [5.41, 5.74) is 2.82. The molecule has 0 fully saturated rings. The first-order valence-corrected chi connectivity index (χ1v) is 7.33. The summed E-state index contributed by atoms with van der Waals surface area (Å²) in [5.74, 6) is -0.0448. The predicted molar refractivity (Wildman–Crippen MR) is 86.7 cm³/mol. The largest absolute Gasteiger partial charge is 0.348 e. The van der Waals surface area contributed by atoms with Crippen LogP contribution in [0.1, 0.15) is 21.5 Å². The van der Waals surface area contributed by atoms with Crippen LogP contribution in [0.4, 0.5) is 0 Å². The number of carbonyl (C=O) groups is 1. The quantitative estimate of drug-likeness (QED) is 0.861. The molecule has 3 nitrogen and oxygen atoms in total. The van der Waals surface area contributed by atoms with E-state index in [1.165, 1.54) is 0 Å². The minimum atomic E-state index is -0.0448. The van der Waals surface area contributed by atoms with Crippen LogP contribution in [-0.4, -0.2) is 19.5 Å². The number of hydrogen-bond donors (Lipinski definition) is 2. The van der Waals surface area contributed by atoms with Crippen molar-refractivity contribution in [3.05, 3.63) is 70.2 Å². The van der Waals surface area contributed by atoms with Crippen molar-refractivity contribution >= 4 is 17.5 Å². The summed E-state index contributed by atoms with van der Waals surface area (Å²) in [4.78, 5) is 12.3.